The second kappa shape index (κ2) is 8.29. The number of carbonyl (C=O) groups excluding carboxylic acids is 1. The predicted octanol–water partition coefficient (Wildman–Crippen LogP) is 6.50. The van der Waals surface area contributed by atoms with Crippen LogP contribution in [0.1, 0.15) is 29.8 Å². The fraction of sp³-hybridized carbons (Fsp3) is 0.227. The molecule has 3 aromatic rings. The molecule has 1 aliphatic heterocycles. The number of anilines is 2. The molecule has 0 bridgehead atoms. The van der Waals surface area contributed by atoms with E-state index in [-0.39, 0.29) is 11.7 Å². The SMILES string of the molecule is O=C(Nc1ccc(N2CCCCC2)cc1)c1ccc(-c2cccc(Cl)c2Cl)o1. The minimum atomic E-state index is -0.310. The first-order valence-corrected chi connectivity index (χ1v) is 10.1. The van der Waals surface area contributed by atoms with Gasteiger partial charge in [0.1, 0.15) is 5.76 Å². The van der Waals surface area contributed by atoms with Gasteiger partial charge in [-0.05, 0) is 67.8 Å². The Morgan fingerprint density at radius 3 is 2.43 bits per heavy atom. The average molecular weight is 415 g/mol. The summed E-state index contributed by atoms with van der Waals surface area (Å²) < 4.78 is 5.70. The summed E-state index contributed by atoms with van der Waals surface area (Å²) in [5.41, 5.74) is 2.57. The third-order valence-electron chi connectivity index (χ3n) is 4.89. The number of halogens is 2. The van der Waals surface area contributed by atoms with Gasteiger partial charge in [-0.25, -0.2) is 0 Å². The molecular weight excluding hydrogens is 395 g/mol. The van der Waals surface area contributed by atoms with Gasteiger partial charge in [-0.2, -0.15) is 0 Å². The van der Waals surface area contributed by atoms with Crippen molar-refractivity contribution in [3.05, 3.63) is 70.4 Å². The van der Waals surface area contributed by atoms with Crippen molar-refractivity contribution < 1.29 is 9.21 Å². The zero-order chi connectivity index (χ0) is 19.5. The van der Waals surface area contributed by atoms with Crippen LogP contribution in [-0.2, 0) is 0 Å². The largest absolute Gasteiger partial charge is 0.451 e. The minimum absolute atomic E-state index is 0.214. The molecule has 1 aromatic heterocycles. The van der Waals surface area contributed by atoms with E-state index in [2.05, 4.69) is 10.2 Å². The third kappa shape index (κ3) is 4.03. The van der Waals surface area contributed by atoms with Gasteiger partial charge in [-0.3, -0.25) is 4.79 Å². The second-order valence-corrected chi connectivity index (χ2v) is 7.60. The highest BCUT2D eigenvalue weighted by Gasteiger charge is 2.16. The lowest BCUT2D eigenvalue weighted by molar-refractivity contribution is 0.0997. The molecule has 1 N–H and O–H groups in total. The number of amides is 1. The van der Waals surface area contributed by atoms with Crippen LogP contribution in [0.4, 0.5) is 11.4 Å². The van der Waals surface area contributed by atoms with E-state index < -0.39 is 0 Å². The maximum Gasteiger partial charge on any atom is 0.291 e. The molecule has 1 aliphatic rings. The Morgan fingerprint density at radius 2 is 1.68 bits per heavy atom. The van der Waals surface area contributed by atoms with Crippen LogP contribution < -0.4 is 10.2 Å². The highest BCUT2D eigenvalue weighted by Crippen LogP contribution is 2.34. The topological polar surface area (TPSA) is 45.5 Å². The minimum Gasteiger partial charge on any atom is -0.451 e. The average Bonchev–Trinajstić information content (AvgIpc) is 3.21. The van der Waals surface area contributed by atoms with Crippen molar-refractivity contribution in [3.63, 3.8) is 0 Å². The first-order valence-electron chi connectivity index (χ1n) is 9.32. The lowest BCUT2D eigenvalue weighted by Gasteiger charge is -2.28. The van der Waals surface area contributed by atoms with Gasteiger partial charge in [-0.15, -0.1) is 0 Å². The summed E-state index contributed by atoms with van der Waals surface area (Å²) in [6.45, 7) is 2.18. The van der Waals surface area contributed by atoms with Crippen LogP contribution in [0.25, 0.3) is 11.3 Å². The van der Waals surface area contributed by atoms with E-state index in [0.717, 1.165) is 18.8 Å². The molecule has 0 aliphatic carbocycles. The lowest BCUT2D eigenvalue weighted by Crippen LogP contribution is -2.29. The normalized spacial score (nSPS) is 14.1. The summed E-state index contributed by atoms with van der Waals surface area (Å²) in [6.07, 6.45) is 3.77. The van der Waals surface area contributed by atoms with Crippen LogP contribution in [0.2, 0.25) is 10.0 Å². The highest BCUT2D eigenvalue weighted by atomic mass is 35.5. The Hall–Kier alpha value is -2.43. The van der Waals surface area contributed by atoms with Gasteiger partial charge in [0.05, 0.1) is 10.0 Å². The lowest BCUT2D eigenvalue weighted by atomic mass is 10.1. The molecule has 6 heteroatoms. The molecule has 0 unspecified atom stereocenters. The molecule has 1 amide bonds. The first kappa shape index (κ1) is 18.9. The van der Waals surface area contributed by atoms with Crippen molar-refractivity contribution in [1.82, 2.24) is 0 Å². The molecule has 1 fully saturated rings. The molecule has 144 valence electrons. The first-order chi connectivity index (χ1) is 13.6. The van der Waals surface area contributed by atoms with Gasteiger partial charge < -0.3 is 14.6 Å². The van der Waals surface area contributed by atoms with E-state index in [1.807, 2.05) is 24.3 Å². The highest BCUT2D eigenvalue weighted by molar-refractivity contribution is 6.43. The number of benzene rings is 2. The summed E-state index contributed by atoms with van der Waals surface area (Å²) >= 11 is 12.3. The van der Waals surface area contributed by atoms with Gasteiger partial charge in [0, 0.05) is 30.0 Å². The fourth-order valence-electron chi connectivity index (χ4n) is 3.40. The number of piperidine rings is 1. The monoisotopic (exact) mass is 414 g/mol. The number of nitrogens with zero attached hydrogens (tertiary/aromatic N) is 1. The van der Waals surface area contributed by atoms with Gasteiger partial charge in [0.25, 0.3) is 5.91 Å². The second-order valence-electron chi connectivity index (χ2n) is 6.81. The summed E-state index contributed by atoms with van der Waals surface area (Å²) in [7, 11) is 0. The molecule has 0 spiro atoms. The van der Waals surface area contributed by atoms with Crippen molar-refractivity contribution >= 4 is 40.5 Å². The number of nitrogens with one attached hydrogen (secondary N) is 1. The van der Waals surface area contributed by atoms with Gasteiger partial charge >= 0.3 is 0 Å². The van der Waals surface area contributed by atoms with E-state index in [1.54, 1.807) is 30.3 Å². The Balaban J connectivity index is 1.45. The molecule has 4 nitrogen and oxygen atoms in total. The van der Waals surface area contributed by atoms with E-state index in [9.17, 15) is 4.79 Å². The maximum absolute atomic E-state index is 12.5. The molecular formula is C22H20Cl2N2O2. The quantitative estimate of drug-likeness (QED) is 0.529. The summed E-state index contributed by atoms with van der Waals surface area (Å²) in [5.74, 6) is 0.402. The molecule has 2 heterocycles. The Kier molecular flexibility index (Phi) is 5.60. The van der Waals surface area contributed by atoms with E-state index in [1.165, 1.54) is 24.9 Å². The number of rotatable bonds is 4. The number of furan rings is 1. The van der Waals surface area contributed by atoms with Crippen molar-refractivity contribution in [3.8, 4) is 11.3 Å². The van der Waals surface area contributed by atoms with Crippen LogP contribution in [0.3, 0.4) is 0 Å². The van der Waals surface area contributed by atoms with E-state index in [0.29, 0.717) is 21.4 Å². The van der Waals surface area contributed by atoms with Crippen LogP contribution in [0.5, 0.6) is 0 Å². The molecule has 1 saturated heterocycles. The molecule has 0 radical (unpaired) electrons. The van der Waals surface area contributed by atoms with Crippen molar-refractivity contribution in [2.45, 2.75) is 19.3 Å². The van der Waals surface area contributed by atoms with Gasteiger partial charge in [0.2, 0.25) is 0 Å². The predicted molar refractivity (Wildman–Crippen MR) is 115 cm³/mol. The number of carbonyl (C=O) groups is 1. The van der Waals surface area contributed by atoms with Crippen molar-refractivity contribution in [1.29, 1.82) is 0 Å². The molecule has 28 heavy (non-hydrogen) atoms. The summed E-state index contributed by atoms with van der Waals surface area (Å²) in [6, 6.07) is 16.6. The standard InChI is InChI=1S/C22H20Cl2N2O2/c23-18-6-4-5-17(21(18)24)19-11-12-20(28-19)22(27)25-15-7-9-16(10-8-15)26-13-2-1-3-14-26/h4-12H,1-3,13-14H2,(H,25,27). The zero-order valence-electron chi connectivity index (χ0n) is 15.3. The van der Waals surface area contributed by atoms with Gasteiger partial charge in [0.15, 0.2) is 5.76 Å². The van der Waals surface area contributed by atoms with Gasteiger partial charge in [-0.1, -0.05) is 29.3 Å². The van der Waals surface area contributed by atoms with Crippen LogP contribution in [-0.4, -0.2) is 19.0 Å². The summed E-state index contributed by atoms with van der Waals surface area (Å²) in [4.78, 5) is 14.9. The Morgan fingerprint density at radius 1 is 0.929 bits per heavy atom. The molecule has 0 atom stereocenters. The maximum atomic E-state index is 12.5. The Bertz CT molecular complexity index is 976. The van der Waals surface area contributed by atoms with E-state index in [4.69, 9.17) is 27.6 Å². The number of hydrogen-bond acceptors (Lipinski definition) is 3. The smallest absolute Gasteiger partial charge is 0.291 e. The van der Waals surface area contributed by atoms with Crippen LogP contribution in [0, 0.1) is 0 Å². The molecule has 2 aromatic carbocycles. The van der Waals surface area contributed by atoms with E-state index >= 15 is 0 Å². The summed E-state index contributed by atoms with van der Waals surface area (Å²) in [5, 5.41) is 3.71. The Labute approximate surface area is 174 Å². The third-order valence-corrected chi connectivity index (χ3v) is 5.71. The van der Waals surface area contributed by atoms with Crippen LogP contribution >= 0.6 is 23.2 Å². The molecule has 4 rings (SSSR count). The number of hydrogen-bond donors (Lipinski definition) is 1. The zero-order valence-corrected chi connectivity index (χ0v) is 16.8. The molecule has 0 saturated carbocycles. The van der Waals surface area contributed by atoms with Crippen molar-refractivity contribution in [2.75, 3.05) is 23.3 Å². The van der Waals surface area contributed by atoms with Crippen molar-refractivity contribution in [2.24, 2.45) is 0 Å². The van der Waals surface area contributed by atoms with Crippen LogP contribution in [0.15, 0.2) is 59.0 Å². The fourth-order valence-corrected chi connectivity index (χ4v) is 3.79.